The van der Waals surface area contributed by atoms with Crippen LogP contribution in [0.25, 0.3) is 6.08 Å². The largest absolute Gasteiger partial charge is 0.497 e. The zero-order valence-electron chi connectivity index (χ0n) is 25.3. The number of hydrogen-bond donors (Lipinski definition) is 0. The Bertz CT molecular complexity index is 1240. The molecule has 0 spiro atoms. The zero-order valence-corrected chi connectivity index (χ0v) is 26.2. The maximum atomic E-state index is 13.1. The molecule has 3 aliphatic carbocycles. The summed E-state index contributed by atoms with van der Waals surface area (Å²) in [5, 5.41) is 1.86. The van der Waals surface area contributed by atoms with Crippen molar-refractivity contribution in [3.8, 4) is 11.5 Å². The molecule has 1 aromatic heterocycles. The molecule has 3 fully saturated rings. The van der Waals surface area contributed by atoms with E-state index in [9.17, 15) is 14.4 Å². The molecule has 0 unspecified atom stereocenters. The van der Waals surface area contributed by atoms with Crippen LogP contribution in [-0.2, 0) is 19.1 Å². The van der Waals surface area contributed by atoms with Gasteiger partial charge in [-0.3, -0.25) is 14.4 Å². The Balaban J connectivity index is 1.07. The first-order valence-corrected chi connectivity index (χ1v) is 16.7. The predicted octanol–water partition coefficient (Wildman–Crippen LogP) is 7.67. The van der Waals surface area contributed by atoms with Gasteiger partial charge >= 0.3 is 11.9 Å². The standard InChI is InChI=1S/C35H44O7S/c1-39-28-14-9-23(10-15-28)24-11-16-29(17-12-24)41-34(37)25-5-7-26(8-6-25)35(38)42-32-20-18-30(40-2)22-27(32)13-19-31(36)33-4-3-21-43-33/h3-4,13,18-26,28-29H,5-12,14-17H2,1-2H3/b19-13+. The third kappa shape index (κ3) is 8.36. The number of methoxy groups -OCH3 is 2. The lowest BCUT2D eigenvalue weighted by molar-refractivity contribution is -0.159. The van der Waals surface area contributed by atoms with E-state index < -0.39 is 0 Å². The van der Waals surface area contributed by atoms with Gasteiger partial charge in [0.2, 0.25) is 0 Å². The number of rotatable bonds is 10. The van der Waals surface area contributed by atoms with Gasteiger partial charge < -0.3 is 18.9 Å². The smallest absolute Gasteiger partial charge is 0.314 e. The van der Waals surface area contributed by atoms with Crippen LogP contribution in [0.5, 0.6) is 11.5 Å². The molecule has 3 aliphatic rings. The Labute approximate surface area is 258 Å². The molecule has 8 heteroatoms. The molecule has 7 nitrogen and oxygen atoms in total. The van der Waals surface area contributed by atoms with Crippen LogP contribution in [0.1, 0.15) is 92.3 Å². The molecule has 1 aromatic carbocycles. The van der Waals surface area contributed by atoms with E-state index in [1.165, 1.54) is 43.1 Å². The maximum Gasteiger partial charge on any atom is 0.314 e. The Morgan fingerprint density at radius 2 is 1.40 bits per heavy atom. The number of ketones is 1. The lowest BCUT2D eigenvalue weighted by Crippen LogP contribution is -2.34. The number of thiophene rings is 1. The minimum absolute atomic E-state index is 0.0231. The summed E-state index contributed by atoms with van der Waals surface area (Å²) in [6, 6.07) is 8.77. The second-order valence-corrected chi connectivity index (χ2v) is 13.2. The molecular weight excluding hydrogens is 564 g/mol. The van der Waals surface area contributed by atoms with Gasteiger partial charge in [-0.15, -0.1) is 11.3 Å². The first-order valence-electron chi connectivity index (χ1n) is 15.8. The van der Waals surface area contributed by atoms with Crippen LogP contribution in [0.3, 0.4) is 0 Å². The fourth-order valence-corrected chi connectivity index (χ4v) is 7.68. The van der Waals surface area contributed by atoms with Gasteiger partial charge in [-0.2, -0.15) is 0 Å². The molecule has 43 heavy (non-hydrogen) atoms. The van der Waals surface area contributed by atoms with Crippen molar-refractivity contribution in [2.24, 2.45) is 23.7 Å². The molecule has 0 bridgehead atoms. The molecule has 232 valence electrons. The van der Waals surface area contributed by atoms with Gasteiger partial charge in [-0.1, -0.05) is 6.07 Å². The molecule has 1 heterocycles. The van der Waals surface area contributed by atoms with E-state index in [-0.39, 0.29) is 35.7 Å². The number of hydrogen-bond acceptors (Lipinski definition) is 8. The van der Waals surface area contributed by atoms with Crippen molar-refractivity contribution in [3.05, 3.63) is 52.2 Å². The zero-order chi connectivity index (χ0) is 30.2. The summed E-state index contributed by atoms with van der Waals surface area (Å²) < 4.78 is 22.7. The van der Waals surface area contributed by atoms with Gasteiger partial charge in [0, 0.05) is 12.7 Å². The third-order valence-electron chi connectivity index (χ3n) is 9.72. The van der Waals surface area contributed by atoms with Gasteiger partial charge in [0.05, 0.1) is 29.9 Å². The normalized spacial score (nSPS) is 27.9. The van der Waals surface area contributed by atoms with E-state index in [1.807, 2.05) is 18.6 Å². The number of ether oxygens (including phenoxy) is 4. The summed E-state index contributed by atoms with van der Waals surface area (Å²) in [6.45, 7) is 0. The highest BCUT2D eigenvalue weighted by Crippen LogP contribution is 2.40. The van der Waals surface area contributed by atoms with E-state index in [4.69, 9.17) is 18.9 Å². The van der Waals surface area contributed by atoms with E-state index in [0.717, 1.165) is 37.5 Å². The van der Waals surface area contributed by atoms with Gasteiger partial charge in [0.15, 0.2) is 5.78 Å². The summed E-state index contributed by atoms with van der Waals surface area (Å²) in [5.41, 5.74) is 0.590. The van der Waals surface area contributed by atoms with Crippen LogP contribution in [0.2, 0.25) is 0 Å². The Hall–Kier alpha value is -2.97. The lowest BCUT2D eigenvalue weighted by Gasteiger charge is -2.37. The number of carbonyl (C=O) groups excluding carboxylic acids is 3. The number of benzene rings is 1. The van der Waals surface area contributed by atoms with Crippen LogP contribution >= 0.6 is 11.3 Å². The second-order valence-electron chi connectivity index (χ2n) is 12.3. The summed E-state index contributed by atoms with van der Waals surface area (Å²) in [5.74, 6) is 1.55. The fourth-order valence-electron chi connectivity index (χ4n) is 7.03. The Morgan fingerprint density at radius 3 is 1.98 bits per heavy atom. The van der Waals surface area contributed by atoms with E-state index >= 15 is 0 Å². The predicted molar refractivity (Wildman–Crippen MR) is 166 cm³/mol. The van der Waals surface area contributed by atoms with E-state index in [0.29, 0.717) is 53.7 Å². The fraction of sp³-hybridized carbons (Fsp3) is 0.571. The highest BCUT2D eigenvalue weighted by atomic mass is 32.1. The topological polar surface area (TPSA) is 88.1 Å². The van der Waals surface area contributed by atoms with Crippen molar-refractivity contribution in [1.82, 2.24) is 0 Å². The first kappa shape index (κ1) is 31.5. The first-order chi connectivity index (χ1) is 20.9. The molecule has 0 saturated heterocycles. The molecular formula is C35H44O7S. The van der Waals surface area contributed by atoms with Crippen molar-refractivity contribution in [2.75, 3.05) is 14.2 Å². The number of allylic oxidation sites excluding steroid dienone is 1. The average Bonchev–Trinajstić information content (AvgIpc) is 3.60. The van der Waals surface area contributed by atoms with Gasteiger partial charge in [0.1, 0.15) is 17.6 Å². The van der Waals surface area contributed by atoms with Crippen LogP contribution < -0.4 is 9.47 Å². The van der Waals surface area contributed by atoms with E-state index in [2.05, 4.69) is 0 Å². The van der Waals surface area contributed by atoms with Crippen LogP contribution in [0, 0.1) is 23.7 Å². The maximum absolute atomic E-state index is 13.1. The monoisotopic (exact) mass is 608 g/mol. The number of esters is 2. The van der Waals surface area contributed by atoms with Gasteiger partial charge in [-0.25, -0.2) is 0 Å². The third-order valence-corrected chi connectivity index (χ3v) is 10.6. The highest BCUT2D eigenvalue weighted by molar-refractivity contribution is 7.12. The van der Waals surface area contributed by atoms with Gasteiger partial charge in [0.25, 0.3) is 0 Å². The van der Waals surface area contributed by atoms with Crippen molar-refractivity contribution in [3.63, 3.8) is 0 Å². The Morgan fingerprint density at radius 1 is 0.767 bits per heavy atom. The highest BCUT2D eigenvalue weighted by Gasteiger charge is 2.35. The summed E-state index contributed by atoms with van der Waals surface area (Å²) in [6.07, 6.45) is 15.1. The molecule has 0 atom stereocenters. The number of carbonyl (C=O) groups is 3. The minimum Gasteiger partial charge on any atom is -0.497 e. The molecule has 5 rings (SSSR count). The van der Waals surface area contributed by atoms with Gasteiger partial charge in [-0.05, 0) is 131 Å². The van der Waals surface area contributed by atoms with Crippen LogP contribution in [-0.4, -0.2) is 44.1 Å². The van der Waals surface area contributed by atoms with Crippen molar-refractivity contribution < 1.29 is 33.3 Å². The van der Waals surface area contributed by atoms with E-state index in [1.54, 1.807) is 37.5 Å². The summed E-state index contributed by atoms with van der Waals surface area (Å²) in [7, 11) is 3.38. The summed E-state index contributed by atoms with van der Waals surface area (Å²) >= 11 is 1.38. The molecule has 2 aromatic rings. The molecule has 0 N–H and O–H groups in total. The Kier molecular flexibility index (Phi) is 11.1. The van der Waals surface area contributed by atoms with Crippen molar-refractivity contribution in [2.45, 2.75) is 89.3 Å². The second kappa shape index (κ2) is 15.2. The molecule has 3 saturated carbocycles. The van der Waals surface area contributed by atoms with Crippen LogP contribution in [0.4, 0.5) is 0 Å². The van der Waals surface area contributed by atoms with Crippen LogP contribution in [0.15, 0.2) is 41.8 Å². The summed E-state index contributed by atoms with van der Waals surface area (Å²) in [4.78, 5) is 39.2. The van der Waals surface area contributed by atoms with Crippen molar-refractivity contribution >= 4 is 35.1 Å². The SMILES string of the molecule is COc1ccc(OC(=O)C2CCC(C(=O)OC3CCC(C4CCC(OC)CC4)CC3)CC2)c(/C=C/C(=O)c2cccs2)c1. The quantitative estimate of drug-likeness (QED) is 0.118. The molecule has 0 aliphatic heterocycles. The molecule has 0 amide bonds. The van der Waals surface area contributed by atoms with Crippen molar-refractivity contribution in [1.29, 1.82) is 0 Å². The average molecular weight is 609 g/mol. The minimum atomic E-state index is -0.311. The molecule has 0 radical (unpaired) electrons. The lowest BCUT2D eigenvalue weighted by atomic mass is 9.72.